The highest BCUT2D eigenvalue weighted by molar-refractivity contribution is 5.19. The van der Waals surface area contributed by atoms with Crippen LogP contribution in [-0.4, -0.2) is 0 Å². The van der Waals surface area contributed by atoms with Gasteiger partial charge in [0.25, 0.3) is 0 Å². The predicted octanol–water partition coefficient (Wildman–Crippen LogP) is 4.18. The van der Waals surface area contributed by atoms with Gasteiger partial charge in [-0.15, -0.1) is 0 Å². The van der Waals surface area contributed by atoms with Gasteiger partial charge in [-0.05, 0) is 37.5 Å². The molecule has 0 aliphatic heterocycles. The van der Waals surface area contributed by atoms with Crippen LogP contribution in [0, 0.1) is 39.9 Å². The molecule has 0 amide bonds. The molecule has 0 saturated heterocycles. The number of nitrogens with zero attached hydrogens (tertiary/aromatic N) is 2. The topological polar surface area (TPSA) is 47.6 Å². The first-order chi connectivity index (χ1) is 8.33. The summed E-state index contributed by atoms with van der Waals surface area (Å²) in [6, 6.07) is 4.89. The Bertz CT molecular complexity index is 288. The molecule has 0 radical (unpaired) electrons. The molecule has 0 spiro atoms. The second kappa shape index (κ2) is 5.54. The van der Waals surface area contributed by atoms with E-state index in [9.17, 15) is 10.5 Å². The van der Waals surface area contributed by atoms with Crippen molar-refractivity contribution in [1.82, 2.24) is 0 Å². The van der Waals surface area contributed by atoms with E-state index >= 15 is 0 Å². The summed E-state index contributed by atoms with van der Waals surface area (Å²) in [7, 11) is 0. The lowest BCUT2D eigenvalue weighted by molar-refractivity contribution is 0.128. The normalized spacial score (nSPS) is 23.9. The lowest BCUT2D eigenvalue weighted by Crippen LogP contribution is -2.38. The average molecular weight is 230 g/mol. The Morgan fingerprint density at radius 2 is 1.00 bits per heavy atom. The van der Waals surface area contributed by atoms with Crippen LogP contribution in [0.1, 0.15) is 64.2 Å². The highest BCUT2D eigenvalue weighted by Crippen LogP contribution is 2.48. The molecule has 2 saturated carbocycles. The van der Waals surface area contributed by atoms with Crippen LogP contribution in [-0.2, 0) is 0 Å². The zero-order valence-electron chi connectivity index (χ0n) is 10.6. The first-order valence-electron chi connectivity index (χ1n) is 7.16. The molecule has 2 heteroatoms. The van der Waals surface area contributed by atoms with Gasteiger partial charge in [-0.2, -0.15) is 10.5 Å². The summed E-state index contributed by atoms with van der Waals surface area (Å²) < 4.78 is 0. The summed E-state index contributed by atoms with van der Waals surface area (Å²) >= 11 is 0. The van der Waals surface area contributed by atoms with E-state index < -0.39 is 5.41 Å². The lowest BCUT2D eigenvalue weighted by atomic mass is 9.60. The number of rotatable bonds is 2. The van der Waals surface area contributed by atoms with Gasteiger partial charge in [0.1, 0.15) is 5.41 Å². The fourth-order valence-corrected chi connectivity index (χ4v) is 3.84. The van der Waals surface area contributed by atoms with E-state index in [-0.39, 0.29) is 0 Å². The Hall–Kier alpha value is -1.02. The van der Waals surface area contributed by atoms with Crippen LogP contribution in [0.5, 0.6) is 0 Å². The molecule has 2 fully saturated rings. The maximum atomic E-state index is 9.61. The average Bonchev–Trinajstić information content (AvgIpc) is 2.43. The number of hydrogen-bond acceptors (Lipinski definition) is 2. The smallest absolute Gasteiger partial charge is 0.149 e. The second-order valence-corrected chi connectivity index (χ2v) is 5.76. The van der Waals surface area contributed by atoms with Crippen molar-refractivity contribution in [2.45, 2.75) is 64.2 Å². The van der Waals surface area contributed by atoms with E-state index in [1.165, 1.54) is 38.5 Å². The molecule has 0 N–H and O–H groups in total. The van der Waals surface area contributed by atoms with Gasteiger partial charge in [-0.25, -0.2) is 0 Å². The van der Waals surface area contributed by atoms with Gasteiger partial charge < -0.3 is 0 Å². The highest BCUT2D eigenvalue weighted by atomic mass is 14.5. The molecule has 0 heterocycles. The van der Waals surface area contributed by atoms with Crippen molar-refractivity contribution in [3.05, 3.63) is 0 Å². The molecule has 92 valence electrons. The van der Waals surface area contributed by atoms with Crippen molar-refractivity contribution in [3.63, 3.8) is 0 Å². The summed E-state index contributed by atoms with van der Waals surface area (Å²) in [5, 5.41) is 19.2. The monoisotopic (exact) mass is 230 g/mol. The third-order valence-corrected chi connectivity index (χ3v) is 4.87. The molecule has 0 unspecified atom stereocenters. The van der Waals surface area contributed by atoms with Gasteiger partial charge in [0, 0.05) is 0 Å². The summed E-state index contributed by atoms with van der Waals surface area (Å²) in [5.41, 5.74) is -0.666. The molecule has 0 bridgehead atoms. The first kappa shape index (κ1) is 12.4. The quantitative estimate of drug-likeness (QED) is 0.714. The molecule has 0 aromatic carbocycles. The lowest BCUT2D eigenvalue weighted by Gasteiger charge is -2.39. The van der Waals surface area contributed by atoms with Crippen LogP contribution in [0.25, 0.3) is 0 Å². The first-order valence-corrected chi connectivity index (χ1v) is 7.16. The van der Waals surface area contributed by atoms with Crippen molar-refractivity contribution in [2.24, 2.45) is 17.3 Å². The van der Waals surface area contributed by atoms with E-state index in [1.54, 1.807) is 0 Å². The number of hydrogen-bond donors (Lipinski definition) is 0. The minimum atomic E-state index is -0.666. The predicted molar refractivity (Wildman–Crippen MR) is 66.8 cm³/mol. The maximum absolute atomic E-state index is 9.61. The molecule has 2 aliphatic carbocycles. The molecule has 17 heavy (non-hydrogen) atoms. The SMILES string of the molecule is N#CC(C#N)(C1CCCCC1)C1CCCCC1. The minimum absolute atomic E-state index is 0.342. The van der Waals surface area contributed by atoms with Crippen LogP contribution >= 0.6 is 0 Å². The maximum Gasteiger partial charge on any atom is 0.149 e. The van der Waals surface area contributed by atoms with Gasteiger partial charge in [-0.1, -0.05) is 38.5 Å². The van der Waals surface area contributed by atoms with Gasteiger partial charge >= 0.3 is 0 Å². The van der Waals surface area contributed by atoms with E-state index in [0.717, 1.165) is 25.7 Å². The van der Waals surface area contributed by atoms with Crippen LogP contribution in [0.4, 0.5) is 0 Å². The second-order valence-electron chi connectivity index (χ2n) is 5.76. The van der Waals surface area contributed by atoms with Crippen molar-refractivity contribution in [3.8, 4) is 12.1 Å². The molecular formula is C15H22N2. The van der Waals surface area contributed by atoms with Crippen LogP contribution in [0.15, 0.2) is 0 Å². The van der Waals surface area contributed by atoms with Gasteiger partial charge in [-0.3, -0.25) is 0 Å². The highest BCUT2D eigenvalue weighted by Gasteiger charge is 2.46. The third-order valence-electron chi connectivity index (χ3n) is 4.87. The van der Waals surface area contributed by atoms with Gasteiger partial charge in [0.15, 0.2) is 0 Å². The third kappa shape index (κ3) is 2.32. The molecule has 0 atom stereocenters. The van der Waals surface area contributed by atoms with E-state index in [2.05, 4.69) is 12.1 Å². The van der Waals surface area contributed by atoms with E-state index in [4.69, 9.17) is 0 Å². The Kier molecular flexibility index (Phi) is 4.06. The Morgan fingerprint density at radius 1 is 0.647 bits per heavy atom. The zero-order chi connectivity index (χ0) is 12.1. The largest absolute Gasteiger partial charge is 0.197 e. The van der Waals surface area contributed by atoms with Crippen LogP contribution in [0.2, 0.25) is 0 Å². The molecule has 2 aliphatic rings. The summed E-state index contributed by atoms with van der Waals surface area (Å²) in [6.07, 6.45) is 11.8. The molecular weight excluding hydrogens is 208 g/mol. The van der Waals surface area contributed by atoms with Gasteiger partial charge in [0.2, 0.25) is 0 Å². The molecule has 0 aromatic rings. The van der Waals surface area contributed by atoms with Crippen molar-refractivity contribution >= 4 is 0 Å². The van der Waals surface area contributed by atoms with Crippen LogP contribution in [0.3, 0.4) is 0 Å². The molecule has 2 nitrogen and oxygen atoms in total. The zero-order valence-corrected chi connectivity index (χ0v) is 10.6. The minimum Gasteiger partial charge on any atom is -0.197 e. The summed E-state index contributed by atoms with van der Waals surface area (Å²) in [6.45, 7) is 0. The Morgan fingerprint density at radius 3 is 1.29 bits per heavy atom. The molecule has 0 aromatic heterocycles. The summed E-state index contributed by atoms with van der Waals surface area (Å²) in [4.78, 5) is 0. The van der Waals surface area contributed by atoms with Gasteiger partial charge in [0.05, 0.1) is 12.1 Å². The van der Waals surface area contributed by atoms with E-state index in [0.29, 0.717) is 11.8 Å². The summed E-state index contributed by atoms with van der Waals surface area (Å²) in [5.74, 6) is 0.684. The van der Waals surface area contributed by atoms with Crippen molar-refractivity contribution in [1.29, 1.82) is 10.5 Å². The van der Waals surface area contributed by atoms with Crippen LogP contribution < -0.4 is 0 Å². The standard InChI is InChI=1S/C15H22N2/c16-11-15(12-17,13-7-3-1-4-8-13)14-9-5-2-6-10-14/h13-14H,1-10H2. The van der Waals surface area contributed by atoms with Crippen molar-refractivity contribution in [2.75, 3.05) is 0 Å². The fourth-order valence-electron chi connectivity index (χ4n) is 3.84. The Labute approximate surface area is 105 Å². The molecule has 2 rings (SSSR count). The van der Waals surface area contributed by atoms with Crippen molar-refractivity contribution < 1.29 is 0 Å². The Balaban J connectivity index is 2.18. The van der Waals surface area contributed by atoms with E-state index in [1.807, 2.05) is 0 Å². The fraction of sp³-hybridized carbons (Fsp3) is 0.867. The number of nitriles is 2.